The Bertz CT molecular complexity index is 385. The van der Waals surface area contributed by atoms with Crippen molar-refractivity contribution in [3.63, 3.8) is 0 Å². The number of hydrogen-bond acceptors (Lipinski definition) is 3. The van der Waals surface area contributed by atoms with Gasteiger partial charge in [-0.05, 0) is 58.7 Å². The molecule has 0 N–H and O–H groups in total. The average Bonchev–Trinajstić information content (AvgIpc) is 1.99. The van der Waals surface area contributed by atoms with E-state index in [2.05, 4.69) is 36.8 Å². The number of aromatic nitrogens is 1. The maximum atomic E-state index is 11.7. The summed E-state index contributed by atoms with van der Waals surface area (Å²) in [6.45, 7) is 5.45. The Labute approximate surface area is 105 Å². The lowest BCUT2D eigenvalue weighted by molar-refractivity contribution is 0.00617. The third kappa shape index (κ3) is 3.91. The lowest BCUT2D eigenvalue weighted by Gasteiger charge is -2.19. The molecule has 0 fully saturated rings. The predicted molar refractivity (Wildman–Crippen MR) is 64.8 cm³/mol. The van der Waals surface area contributed by atoms with Crippen molar-refractivity contribution in [2.75, 3.05) is 0 Å². The number of rotatable bonds is 1. The first-order chi connectivity index (χ1) is 6.79. The molecule has 0 radical (unpaired) electrons. The number of halogens is 2. The molecule has 1 heterocycles. The van der Waals surface area contributed by atoms with E-state index >= 15 is 0 Å². The molecule has 1 aromatic heterocycles. The largest absolute Gasteiger partial charge is 0.455 e. The van der Waals surface area contributed by atoms with Gasteiger partial charge in [-0.25, -0.2) is 9.78 Å². The Morgan fingerprint density at radius 3 is 2.47 bits per heavy atom. The van der Waals surface area contributed by atoms with Gasteiger partial charge in [0.05, 0.1) is 4.47 Å². The summed E-state index contributed by atoms with van der Waals surface area (Å²) < 4.78 is 6.62. The Hall–Kier alpha value is -0.420. The van der Waals surface area contributed by atoms with Crippen molar-refractivity contribution in [1.82, 2.24) is 4.98 Å². The van der Waals surface area contributed by atoms with Gasteiger partial charge < -0.3 is 4.74 Å². The first-order valence-corrected chi connectivity index (χ1v) is 5.92. The van der Waals surface area contributed by atoms with Crippen LogP contribution in [0.3, 0.4) is 0 Å². The molecule has 0 aliphatic heterocycles. The molecule has 0 atom stereocenters. The fraction of sp³-hybridized carbons (Fsp3) is 0.400. The van der Waals surface area contributed by atoms with Crippen LogP contribution in [-0.2, 0) is 4.74 Å². The Morgan fingerprint density at radius 2 is 2.00 bits per heavy atom. The molecule has 0 saturated heterocycles. The molecule has 5 heteroatoms. The van der Waals surface area contributed by atoms with Crippen LogP contribution in [0.5, 0.6) is 0 Å². The van der Waals surface area contributed by atoms with Gasteiger partial charge in [0.25, 0.3) is 0 Å². The molecule has 0 aromatic carbocycles. The van der Waals surface area contributed by atoms with E-state index < -0.39 is 11.6 Å². The molecule has 15 heavy (non-hydrogen) atoms. The first-order valence-electron chi connectivity index (χ1n) is 4.34. The van der Waals surface area contributed by atoms with Gasteiger partial charge in [-0.1, -0.05) is 0 Å². The van der Waals surface area contributed by atoms with Crippen LogP contribution in [0.15, 0.2) is 21.2 Å². The monoisotopic (exact) mass is 335 g/mol. The zero-order chi connectivity index (χ0) is 11.6. The SMILES string of the molecule is CC(C)(C)OC(=O)c1ncc(Br)cc1Br. The van der Waals surface area contributed by atoms with Crippen LogP contribution in [0.2, 0.25) is 0 Å². The molecule has 3 nitrogen and oxygen atoms in total. The second-order valence-electron chi connectivity index (χ2n) is 3.99. The van der Waals surface area contributed by atoms with Crippen LogP contribution < -0.4 is 0 Å². The average molecular weight is 337 g/mol. The van der Waals surface area contributed by atoms with E-state index in [1.165, 1.54) is 0 Å². The van der Waals surface area contributed by atoms with Gasteiger partial charge in [-0.3, -0.25) is 0 Å². The number of pyridine rings is 1. The smallest absolute Gasteiger partial charge is 0.358 e. The van der Waals surface area contributed by atoms with Gasteiger partial charge in [0, 0.05) is 10.7 Å². The number of nitrogens with zero attached hydrogens (tertiary/aromatic N) is 1. The van der Waals surface area contributed by atoms with Crippen LogP contribution in [0, 0.1) is 0 Å². The summed E-state index contributed by atoms with van der Waals surface area (Å²) in [5.74, 6) is -0.429. The molecule has 0 unspecified atom stereocenters. The molecule has 1 rings (SSSR count). The van der Waals surface area contributed by atoms with E-state index in [9.17, 15) is 4.79 Å². The van der Waals surface area contributed by atoms with Gasteiger partial charge in [0.15, 0.2) is 5.69 Å². The fourth-order valence-corrected chi connectivity index (χ4v) is 2.04. The topological polar surface area (TPSA) is 39.2 Å². The summed E-state index contributed by atoms with van der Waals surface area (Å²) in [6.07, 6.45) is 1.56. The van der Waals surface area contributed by atoms with Gasteiger partial charge in [-0.15, -0.1) is 0 Å². The highest BCUT2D eigenvalue weighted by molar-refractivity contribution is 9.11. The van der Waals surface area contributed by atoms with Gasteiger partial charge in [0.1, 0.15) is 5.60 Å². The number of hydrogen-bond donors (Lipinski definition) is 0. The van der Waals surface area contributed by atoms with E-state index in [1.807, 2.05) is 20.8 Å². The fourth-order valence-electron chi connectivity index (χ4n) is 0.891. The Morgan fingerprint density at radius 1 is 1.40 bits per heavy atom. The van der Waals surface area contributed by atoms with Crippen molar-refractivity contribution in [2.45, 2.75) is 26.4 Å². The van der Waals surface area contributed by atoms with Crippen molar-refractivity contribution in [1.29, 1.82) is 0 Å². The van der Waals surface area contributed by atoms with Crippen molar-refractivity contribution in [3.05, 3.63) is 26.9 Å². The molecule has 0 saturated carbocycles. The summed E-state index contributed by atoms with van der Waals surface area (Å²) in [5, 5.41) is 0. The third-order valence-electron chi connectivity index (χ3n) is 1.40. The molecule has 0 aliphatic rings. The summed E-state index contributed by atoms with van der Waals surface area (Å²) in [7, 11) is 0. The summed E-state index contributed by atoms with van der Waals surface area (Å²) in [5.41, 5.74) is -0.223. The zero-order valence-corrected chi connectivity index (χ0v) is 11.8. The quantitative estimate of drug-likeness (QED) is 0.736. The molecule has 0 amide bonds. The van der Waals surface area contributed by atoms with Crippen molar-refractivity contribution < 1.29 is 9.53 Å². The van der Waals surface area contributed by atoms with Crippen LogP contribution >= 0.6 is 31.9 Å². The molecule has 0 spiro atoms. The van der Waals surface area contributed by atoms with Gasteiger partial charge >= 0.3 is 5.97 Å². The van der Waals surface area contributed by atoms with E-state index in [0.717, 1.165) is 4.47 Å². The molecule has 0 bridgehead atoms. The van der Waals surface area contributed by atoms with Crippen molar-refractivity contribution >= 4 is 37.8 Å². The maximum Gasteiger partial charge on any atom is 0.358 e. The third-order valence-corrected chi connectivity index (χ3v) is 2.44. The molecular weight excluding hydrogens is 326 g/mol. The highest BCUT2D eigenvalue weighted by Crippen LogP contribution is 2.21. The first kappa shape index (κ1) is 12.6. The van der Waals surface area contributed by atoms with E-state index in [4.69, 9.17) is 4.74 Å². The standard InChI is InChI=1S/C10H11Br2NO2/c1-10(2,3)15-9(14)8-7(12)4-6(11)5-13-8/h4-5H,1-3H3. The van der Waals surface area contributed by atoms with Crippen LogP contribution in [-0.4, -0.2) is 16.6 Å². The minimum absolute atomic E-state index is 0.285. The van der Waals surface area contributed by atoms with Crippen LogP contribution in [0.25, 0.3) is 0 Å². The number of esters is 1. The molecule has 1 aromatic rings. The minimum atomic E-state index is -0.509. The second kappa shape index (κ2) is 4.61. The lowest BCUT2D eigenvalue weighted by Crippen LogP contribution is -2.24. The normalized spacial score (nSPS) is 11.3. The minimum Gasteiger partial charge on any atom is -0.455 e. The lowest BCUT2D eigenvalue weighted by atomic mass is 10.2. The highest BCUT2D eigenvalue weighted by atomic mass is 79.9. The number of carbonyl (C=O) groups is 1. The highest BCUT2D eigenvalue weighted by Gasteiger charge is 2.20. The Kier molecular flexibility index (Phi) is 3.89. The Balaban J connectivity index is 2.92. The molecule has 0 aliphatic carbocycles. The predicted octanol–water partition coefficient (Wildman–Crippen LogP) is 3.56. The molecule has 82 valence electrons. The maximum absolute atomic E-state index is 11.7. The van der Waals surface area contributed by atoms with E-state index in [1.54, 1.807) is 12.3 Å². The summed E-state index contributed by atoms with van der Waals surface area (Å²) in [4.78, 5) is 15.7. The van der Waals surface area contributed by atoms with Crippen molar-refractivity contribution in [3.8, 4) is 0 Å². The van der Waals surface area contributed by atoms with Crippen LogP contribution in [0.1, 0.15) is 31.3 Å². The summed E-state index contributed by atoms with van der Waals surface area (Å²) >= 11 is 6.52. The number of ether oxygens (including phenoxy) is 1. The molecular formula is C10H11Br2NO2. The second-order valence-corrected chi connectivity index (χ2v) is 5.76. The van der Waals surface area contributed by atoms with Crippen LogP contribution in [0.4, 0.5) is 0 Å². The van der Waals surface area contributed by atoms with Gasteiger partial charge in [0.2, 0.25) is 0 Å². The summed E-state index contributed by atoms with van der Waals surface area (Å²) in [6, 6.07) is 1.76. The van der Waals surface area contributed by atoms with E-state index in [-0.39, 0.29) is 5.69 Å². The zero-order valence-electron chi connectivity index (χ0n) is 8.67. The van der Waals surface area contributed by atoms with Crippen molar-refractivity contribution in [2.24, 2.45) is 0 Å². The van der Waals surface area contributed by atoms with Gasteiger partial charge in [-0.2, -0.15) is 0 Å². The van der Waals surface area contributed by atoms with E-state index in [0.29, 0.717) is 4.47 Å². The number of carbonyl (C=O) groups excluding carboxylic acids is 1.